The first-order chi connectivity index (χ1) is 24.7. The van der Waals surface area contributed by atoms with Gasteiger partial charge in [-0.15, -0.1) is 0 Å². The predicted octanol–water partition coefficient (Wildman–Crippen LogP) is 13.1. The number of amides is 1. The third-order valence-electron chi connectivity index (χ3n) is 9.17. The maximum atomic E-state index is 12.3. The molecule has 2 atom stereocenters. The molecule has 0 aromatic heterocycles. The molecule has 0 aliphatic rings. The SMILES string of the molecule is CC/C=C\C/C=C\C/C=C\C/C=C\CCCCC(=O)NC(CO)C(O)/C=C/CC/C=C/CCCCCCCCCCCCCCCCCCC. The van der Waals surface area contributed by atoms with Crippen LogP contribution in [-0.2, 0) is 4.79 Å². The summed E-state index contributed by atoms with van der Waals surface area (Å²) in [5.74, 6) is -0.117. The van der Waals surface area contributed by atoms with Crippen LogP contribution >= 0.6 is 0 Å². The normalized spacial score (nSPS) is 13.8. The summed E-state index contributed by atoms with van der Waals surface area (Å²) in [6, 6.07) is -0.664. The Balaban J connectivity index is 3.68. The molecule has 0 spiro atoms. The zero-order chi connectivity index (χ0) is 36.4. The van der Waals surface area contributed by atoms with E-state index in [0.717, 1.165) is 64.2 Å². The molecule has 0 bridgehead atoms. The van der Waals surface area contributed by atoms with E-state index in [1.54, 1.807) is 6.08 Å². The van der Waals surface area contributed by atoms with E-state index >= 15 is 0 Å². The topological polar surface area (TPSA) is 69.6 Å². The third-order valence-corrected chi connectivity index (χ3v) is 9.17. The summed E-state index contributed by atoms with van der Waals surface area (Å²) in [6.45, 7) is 4.16. The van der Waals surface area contributed by atoms with Gasteiger partial charge in [0.05, 0.1) is 18.8 Å². The molecule has 4 nitrogen and oxygen atoms in total. The van der Waals surface area contributed by atoms with E-state index < -0.39 is 12.1 Å². The molecule has 0 saturated carbocycles. The molecule has 0 aromatic carbocycles. The molecule has 0 radical (unpaired) electrons. The molecule has 3 N–H and O–H groups in total. The Bertz CT molecular complexity index is 884. The molecule has 0 aliphatic carbocycles. The second-order valence-corrected chi connectivity index (χ2v) is 14.0. The lowest BCUT2D eigenvalue weighted by Gasteiger charge is -2.19. The van der Waals surface area contributed by atoms with Gasteiger partial charge < -0.3 is 15.5 Å². The van der Waals surface area contributed by atoms with Gasteiger partial charge >= 0.3 is 0 Å². The van der Waals surface area contributed by atoms with Gasteiger partial charge in [0, 0.05) is 6.42 Å². The molecule has 1 amide bonds. The van der Waals surface area contributed by atoms with Gasteiger partial charge in [-0.2, -0.15) is 0 Å². The average Bonchev–Trinajstić information content (AvgIpc) is 3.12. The van der Waals surface area contributed by atoms with Crippen molar-refractivity contribution in [2.45, 2.75) is 206 Å². The summed E-state index contributed by atoms with van der Waals surface area (Å²) < 4.78 is 0. The minimum Gasteiger partial charge on any atom is -0.394 e. The number of aliphatic hydroxyl groups is 2. The number of carbonyl (C=O) groups is 1. The molecule has 0 fully saturated rings. The summed E-state index contributed by atoms with van der Waals surface area (Å²) in [6.07, 6.45) is 58.7. The first-order valence-corrected chi connectivity index (χ1v) is 21.2. The number of hydrogen-bond donors (Lipinski definition) is 3. The minimum atomic E-state index is -0.882. The molecule has 288 valence electrons. The van der Waals surface area contributed by atoms with Crippen LogP contribution in [0.15, 0.2) is 72.9 Å². The van der Waals surface area contributed by atoms with Gasteiger partial charge in [-0.1, -0.05) is 189 Å². The van der Waals surface area contributed by atoms with Crippen LogP contribution in [0.2, 0.25) is 0 Å². The van der Waals surface area contributed by atoms with E-state index in [4.69, 9.17) is 0 Å². The van der Waals surface area contributed by atoms with E-state index in [1.165, 1.54) is 109 Å². The molecular weight excluding hydrogens is 615 g/mol. The fraction of sp³-hybridized carbons (Fsp3) is 0.717. The van der Waals surface area contributed by atoms with Gasteiger partial charge in [0.25, 0.3) is 0 Å². The van der Waals surface area contributed by atoms with Crippen LogP contribution < -0.4 is 5.32 Å². The van der Waals surface area contributed by atoms with Gasteiger partial charge in [0.2, 0.25) is 5.91 Å². The van der Waals surface area contributed by atoms with Gasteiger partial charge in [0.1, 0.15) is 0 Å². The van der Waals surface area contributed by atoms with Crippen LogP contribution in [-0.4, -0.2) is 34.9 Å². The van der Waals surface area contributed by atoms with E-state index in [0.29, 0.717) is 6.42 Å². The quantitative estimate of drug-likeness (QED) is 0.0447. The Labute approximate surface area is 310 Å². The van der Waals surface area contributed by atoms with Crippen molar-refractivity contribution >= 4 is 5.91 Å². The molecule has 0 heterocycles. The lowest BCUT2D eigenvalue weighted by Crippen LogP contribution is -2.45. The highest BCUT2D eigenvalue weighted by Crippen LogP contribution is 2.14. The summed E-state index contributed by atoms with van der Waals surface area (Å²) in [5.41, 5.74) is 0. The molecule has 0 rings (SSSR count). The standard InChI is InChI=1S/C46H81NO3/c1-3-5-7-9-11-13-15-17-19-20-21-22-23-24-25-26-28-29-31-33-35-37-39-41-45(49)44(43-48)47-46(50)42-40-38-36-34-32-30-27-18-16-14-12-10-8-6-4-2/h6,8,12,14,18,27,31-34,39,41,44-45,48-49H,3-5,7,9-11,13,15-17,19-26,28-30,35-38,40,42-43H2,1-2H3,(H,47,50)/b8-6-,14-12-,27-18-,33-31+,34-32-,41-39+. The Kier molecular flexibility index (Phi) is 39.5. The summed E-state index contributed by atoms with van der Waals surface area (Å²) in [4.78, 5) is 12.3. The molecule has 50 heavy (non-hydrogen) atoms. The molecule has 0 saturated heterocycles. The largest absolute Gasteiger partial charge is 0.394 e. The fourth-order valence-electron chi connectivity index (χ4n) is 5.95. The van der Waals surface area contributed by atoms with Crippen LogP contribution in [0.25, 0.3) is 0 Å². The Hall–Kier alpha value is -2.17. The van der Waals surface area contributed by atoms with Gasteiger partial charge in [0.15, 0.2) is 0 Å². The van der Waals surface area contributed by atoms with Crippen molar-refractivity contribution in [2.75, 3.05) is 6.61 Å². The first kappa shape index (κ1) is 47.8. The maximum absolute atomic E-state index is 12.3. The monoisotopic (exact) mass is 696 g/mol. The van der Waals surface area contributed by atoms with Crippen LogP contribution in [0.1, 0.15) is 194 Å². The Morgan fingerprint density at radius 3 is 1.40 bits per heavy atom. The van der Waals surface area contributed by atoms with Crippen molar-refractivity contribution in [3.63, 3.8) is 0 Å². The summed E-state index contributed by atoms with van der Waals surface area (Å²) in [5, 5.41) is 22.9. The minimum absolute atomic E-state index is 0.117. The van der Waals surface area contributed by atoms with Crippen LogP contribution in [0, 0.1) is 0 Å². The maximum Gasteiger partial charge on any atom is 0.220 e. The van der Waals surface area contributed by atoms with Gasteiger partial charge in [-0.3, -0.25) is 4.79 Å². The van der Waals surface area contributed by atoms with Gasteiger partial charge in [-0.25, -0.2) is 0 Å². The molecular formula is C46H81NO3. The summed E-state index contributed by atoms with van der Waals surface area (Å²) >= 11 is 0. The molecule has 0 aromatic rings. The lowest BCUT2D eigenvalue weighted by molar-refractivity contribution is -0.123. The van der Waals surface area contributed by atoms with Crippen LogP contribution in [0.5, 0.6) is 0 Å². The van der Waals surface area contributed by atoms with Crippen molar-refractivity contribution < 1.29 is 15.0 Å². The van der Waals surface area contributed by atoms with Crippen LogP contribution in [0.4, 0.5) is 0 Å². The number of aliphatic hydroxyl groups excluding tert-OH is 2. The Morgan fingerprint density at radius 1 is 0.500 bits per heavy atom. The predicted molar refractivity (Wildman–Crippen MR) is 220 cm³/mol. The fourth-order valence-corrected chi connectivity index (χ4v) is 5.95. The van der Waals surface area contributed by atoms with Crippen molar-refractivity contribution in [1.82, 2.24) is 5.32 Å². The van der Waals surface area contributed by atoms with E-state index in [-0.39, 0.29) is 12.5 Å². The average molecular weight is 696 g/mol. The van der Waals surface area contributed by atoms with Crippen molar-refractivity contribution in [3.8, 4) is 0 Å². The van der Waals surface area contributed by atoms with E-state index in [1.807, 2.05) is 6.08 Å². The number of allylic oxidation sites excluding steroid dienone is 11. The first-order valence-electron chi connectivity index (χ1n) is 21.2. The number of carbonyl (C=O) groups excluding carboxylic acids is 1. The highest BCUT2D eigenvalue weighted by Gasteiger charge is 2.17. The van der Waals surface area contributed by atoms with Crippen LogP contribution in [0.3, 0.4) is 0 Å². The second kappa shape index (κ2) is 41.3. The van der Waals surface area contributed by atoms with Crippen molar-refractivity contribution in [2.24, 2.45) is 0 Å². The zero-order valence-corrected chi connectivity index (χ0v) is 32.9. The van der Waals surface area contributed by atoms with Crippen molar-refractivity contribution in [3.05, 3.63) is 72.9 Å². The highest BCUT2D eigenvalue weighted by atomic mass is 16.3. The number of nitrogens with one attached hydrogen (secondary N) is 1. The van der Waals surface area contributed by atoms with Crippen molar-refractivity contribution in [1.29, 1.82) is 0 Å². The second-order valence-electron chi connectivity index (χ2n) is 14.0. The van der Waals surface area contributed by atoms with E-state index in [9.17, 15) is 15.0 Å². The Morgan fingerprint density at radius 2 is 0.900 bits per heavy atom. The smallest absolute Gasteiger partial charge is 0.220 e. The summed E-state index contributed by atoms with van der Waals surface area (Å²) in [7, 11) is 0. The highest BCUT2D eigenvalue weighted by molar-refractivity contribution is 5.76. The third kappa shape index (κ3) is 37.1. The zero-order valence-electron chi connectivity index (χ0n) is 32.9. The van der Waals surface area contributed by atoms with E-state index in [2.05, 4.69) is 79.9 Å². The number of rotatable bonds is 37. The number of unbranched alkanes of at least 4 members (excludes halogenated alkanes) is 20. The lowest BCUT2D eigenvalue weighted by atomic mass is 10.0. The molecule has 4 heteroatoms. The number of hydrogen-bond acceptors (Lipinski definition) is 3. The van der Waals surface area contributed by atoms with Gasteiger partial charge in [-0.05, 0) is 70.6 Å². The molecule has 2 unspecified atom stereocenters. The molecule has 0 aliphatic heterocycles.